The number of hydrogen-bond acceptors (Lipinski definition) is 3. The molecule has 0 fully saturated rings. The van der Waals surface area contributed by atoms with Crippen molar-refractivity contribution in [1.29, 1.82) is 0 Å². The lowest BCUT2D eigenvalue weighted by Gasteiger charge is -2.24. The normalized spacial score (nSPS) is 13.2. The molecule has 1 unspecified atom stereocenters. The van der Waals surface area contributed by atoms with Gasteiger partial charge in [-0.3, -0.25) is 4.79 Å². The van der Waals surface area contributed by atoms with E-state index in [0.717, 1.165) is 37.1 Å². The Labute approximate surface area is 149 Å². The highest BCUT2D eigenvalue weighted by molar-refractivity contribution is 6.48. The Morgan fingerprint density at radius 3 is 2.42 bits per heavy atom. The van der Waals surface area contributed by atoms with Gasteiger partial charge >= 0.3 is 0 Å². The molecule has 0 aliphatic rings. The molecule has 1 aromatic rings. The van der Waals surface area contributed by atoms with Crippen LogP contribution in [-0.2, 0) is 9.84 Å². The van der Waals surface area contributed by atoms with Gasteiger partial charge in [-0.2, -0.15) is 0 Å². The molecule has 3 nitrogen and oxygen atoms in total. The summed E-state index contributed by atoms with van der Waals surface area (Å²) in [5.41, 5.74) is 2.92. The second-order valence-electron chi connectivity index (χ2n) is 7.74. The third-order valence-corrected chi connectivity index (χ3v) is 4.97. The molecule has 1 rings (SSSR count). The summed E-state index contributed by atoms with van der Waals surface area (Å²) in [6, 6.07) is 6.25. The maximum absolute atomic E-state index is 13.1. The second kappa shape index (κ2) is 9.38. The van der Waals surface area contributed by atoms with Crippen molar-refractivity contribution in [3.63, 3.8) is 0 Å². The van der Waals surface area contributed by atoms with Gasteiger partial charge in [0.15, 0.2) is 14.8 Å². The zero-order chi connectivity index (χ0) is 18.3. The predicted molar refractivity (Wildman–Crippen MR) is 107 cm³/mol. The Balaban J connectivity index is 3.19. The number of anilines is 1. The standard InChI is InChI=1S/C20H35NO2Si/c1-8-10-13-21-17-12-11-15(20(3,4)5)14-16(17)19(22)18(9-2)23-24(6)7/h11-12,14,18,21,24H,8-10,13H2,1-7H3. The highest BCUT2D eigenvalue weighted by Crippen LogP contribution is 2.28. The zero-order valence-corrected chi connectivity index (χ0v) is 17.7. The van der Waals surface area contributed by atoms with Crippen molar-refractivity contribution >= 4 is 20.5 Å². The fraction of sp³-hybridized carbons (Fsp3) is 0.650. The number of nitrogens with one attached hydrogen (secondary N) is 1. The van der Waals surface area contributed by atoms with Gasteiger partial charge in [-0.25, -0.2) is 0 Å². The van der Waals surface area contributed by atoms with Gasteiger partial charge in [-0.05, 0) is 49.0 Å². The average molecular weight is 350 g/mol. The van der Waals surface area contributed by atoms with Gasteiger partial charge in [0.05, 0.1) is 0 Å². The van der Waals surface area contributed by atoms with Crippen molar-refractivity contribution in [2.45, 2.75) is 78.5 Å². The first kappa shape index (κ1) is 20.9. The van der Waals surface area contributed by atoms with E-state index in [9.17, 15) is 4.79 Å². The smallest absolute Gasteiger partial charge is 0.192 e. The number of unbranched alkanes of at least 4 members (excludes halogenated alkanes) is 1. The summed E-state index contributed by atoms with van der Waals surface area (Å²) in [7, 11) is -1.26. The molecular weight excluding hydrogens is 314 g/mol. The zero-order valence-electron chi connectivity index (χ0n) is 16.5. The molecule has 0 aliphatic heterocycles. The van der Waals surface area contributed by atoms with Crippen molar-refractivity contribution < 1.29 is 9.22 Å². The van der Waals surface area contributed by atoms with Crippen LogP contribution in [0.25, 0.3) is 0 Å². The van der Waals surface area contributed by atoms with Gasteiger partial charge in [-0.1, -0.05) is 47.1 Å². The first-order chi connectivity index (χ1) is 11.2. The molecule has 1 atom stereocenters. The number of carbonyl (C=O) groups excluding carboxylic acids is 1. The summed E-state index contributed by atoms with van der Waals surface area (Å²) in [6.07, 6.45) is 2.63. The van der Waals surface area contributed by atoms with Crippen LogP contribution >= 0.6 is 0 Å². The molecule has 0 saturated heterocycles. The van der Waals surface area contributed by atoms with Gasteiger partial charge in [0.2, 0.25) is 0 Å². The molecule has 0 aromatic heterocycles. The van der Waals surface area contributed by atoms with Crippen molar-refractivity contribution in [3.05, 3.63) is 29.3 Å². The molecule has 0 heterocycles. The number of ketones is 1. The monoisotopic (exact) mass is 349 g/mol. The van der Waals surface area contributed by atoms with Crippen LogP contribution < -0.4 is 5.32 Å². The van der Waals surface area contributed by atoms with Crippen LogP contribution in [0, 0.1) is 0 Å². The molecule has 136 valence electrons. The lowest BCUT2D eigenvalue weighted by atomic mass is 9.85. The Bertz CT molecular complexity index is 535. The SMILES string of the molecule is CCCCNc1ccc(C(C)(C)C)cc1C(=O)C(CC)O[SiH](C)C. The molecular formula is C20H35NO2Si. The maximum atomic E-state index is 13.1. The maximum Gasteiger partial charge on any atom is 0.192 e. The summed E-state index contributed by atoms with van der Waals surface area (Å²) in [4.78, 5) is 13.1. The Hall–Kier alpha value is -1.13. The third kappa shape index (κ3) is 6.06. The minimum atomic E-state index is -1.26. The minimum absolute atomic E-state index is 0.0202. The first-order valence-electron chi connectivity index (χ1n) is 9.28. The number of benzene rings is 1. The molecule has 1 N–H and O–H groups in total. The summed E-state index contributed by atoms with van der Waals surface area (Å²) in [5, 5.41) is 3.44. The second-order valence-corrected chi connectivity index (χ2v) is 10.1. The average Bonchev–Trinajstić information content (AvgIpc) is 2.51. The van der Waals surface area contributed by atoms with E-state index in [2.05, 4.69) is 64.3 Å². The van der Waals surface area contributed by atoms with Crippen molar-refractivity contribution in [3.8, 4) is 0 Å². The molecule has 0 saturated carbocycles. The van der Waals surface area contributed by atoms with Crippen LogP contribution in [0.15, 0.2) is 18.2 Å². The number of rotatable bonds is 9. The summed E-state index contributed by atoms with van der Waals surface area (Å²) in [6.45, 7) is 15.8. The van der Waals surface area contributed by atoms with E-state index in [0.29, 0.717) is 0 Å². The quantitative estimate of drug-likeness (QED) is 0.380. The highest BCUT2D eigenvalue weighted by Gasteiger charge is 2.25. The van der Waals surface area contributed by atoms with Gasteiger partial charge in [0.25, 0.3) is 0 Å². The van der Waals surface area contributed by atoms with Crippen LogP contribution in [0.2, 0.25) is 13.1 Å². The van der Waals surface area contributed by atoms with Gasteiger partial charge in [-0.15, -0.1) is 0 Å². The van der Waals surface area contributed by atoms with E-state index in [1.165, 1.54) is 5.56 Å². The molecule has 4 heteroatoms. The fourth-order valence-corrected chi connectivity index (χ4v) is 3.59. The third-order valence-electron chi connectivity index (χ3n) is 4.10. The summed E-state index contributed by atoms with van der Waals surface area (Å²) in [5.74, 6) is 0.115. The van der Waals surface area contributed by atoms with Gasteiger partial charge in [0, 0.05) is 17.8 Å². The topological polar surface area (TPSA) is 38.3 Å². The largest absolute Gasteiger partial charge is 0.410 e. The molecule has 0 aliphatic carbocycles. The van der Waals surface area contributed by atoms with Crippen LogP contribution in [0.4, 0.5) is 5.69 Å². The fourth-order valence-electron chi connectivity index (χ4n) is 2.61. The van der Waals surface area contributed by atoms with Crippen LogP contribution in [0.3, 0.4) is 0 Å². The lowest BCUT2D eigenvalue weighted by molar-refractivity contribution is 0.0786. The van der Waals surface area contributed by atoms with E-state index in [4.69, 9.17) is 4.43 Å². The minimum Gasteiger partial charge on any atom is -0.410 e. The number of hydrogen-bond donors (Lipinski definition) is 1. The Kier molecular flexibility index (Phi) is 8.17. The van der Waals surface area contributed by atoms with Crippen LogP contribution in [-0.4, -0.2) is 27.5 Å². The van der Waals surface area contributed by atoms with Gasteiger partial charge in [0.1, 0.15) is 6.10 Å². The molecule has 0 radical (unpaired) electrons. The Morgan fingerprint density at radius 2 is 1.92 bits per heavy atom. The van der Waals surface area contributed by atoms with E-state index in [1.54, 1.807) is 0 Å². The molecule has 0 spiro atoms. The van der Waals surface area contributed by atoms with E-state index in [1.807, 2.05) is 6.92 Å². The van der Waals surface area contributed by atoms with E-state index >= 15 is 0 Å². The summed E-state index contributed by atoms with van der Waals surface area (Å²) >= 11 is 0. The number of carbonyl (C=O) groups is 1. The van der Waals surface area contributed by atoms with Crippen molar-refractivity contribution in [1.82, 2.24) is 0 Å². The lowest BCUT2D eigenvalue weighted by Crippen LogP contribution is -2.29. The number of Topliss-reactive ketones (excluding diaryl/α,β-unsaturated/α-hetero) is 1. The molecule has 1 aromatic carbocycles. The van der Waals surface area contributed by atoms with E-state index < -0.39 is 9.04 Å². The highest BCUT2D eigenvalue weighted by atomic mass is 28.3. The van der Waals surface area contributed by atoms with Crippen LogP contribution in [0.5, 0.6) is 0 Å². The van der Waals surface area contributed by atoms with Crippen molar-refractivity contribution in [2.24, 2.45) is 0 Å². The molecule has 0 amide bonds. The summed E-state index contributed by atoms with van der Waals surface area (Å²) < 4.78 is 5.98. The van der Waals surface area contributed by atoms with E-state index in [-0.39, 0.29) is 17.3 Å². The van der Waals surface area contributed by atoms with Crippen molar-refractivity contribution in [2.75, 3.05) is 11.9 Å². The van der Waals surface area contributed by atoms with Gasteiger partial charge < -0.3 is 9.74 Å². The Morgan fingerprint density at radius 1 is 1.25 bits per heavy atom. The van der Waals surface area contributed by atoms with Crippen LogP contribution in [0.1, 0.15) is 69.8 Å². The first-order valence-corrected chi connectivity index (χ1v) is 12.1. The predicted octanol–water partition coefficient (Wildman–Crippen LogP) is 5.16. The molecule has 0 bridgehead atoms. The molecule has 24 heavy (non-hydrogen) atoms.